The maximum atomic E-state index is 12.7. The van der Waals surface area contributed by atoms with E-state index in [1.54, 1.807) is 7.11 Å². The molecule has 1 amide bonds. The summed E-state index contributed by atoms with van der Waals surface area (Å²) in [5, 5.41) is 0. The molecule has 132 valence electrons. The van der Waals surface area contributed by atoms with Gasteiger partial charge in [-0.2, -0.15) is 0 Å². The summed E-state index contributed by atoms with van der Waals surface area (Å²) in [6.45, 7) is 1.61. The molecule has 25 heavy (non-hydrogen) atoms. The van der Waals surface area contributed by atoms with E-state index in [2.05, 4.69) is 24.3 Å². The lowest BCUT2D eigenvalue weighted by Crippen LogP contribution is -2.37. The van der Waals surface area contributed by atoms with Crippen LogP contribution >= 0.6 is 0 Å². The molecule has 1 aliphatic rings. The Bertz CT molecular complexity index is 687. The van der Waals surface area contributed by atoms with Crippen molar-refractivity contribution in [3.63, 3.8) is 0 Å². The van der Waals surface area contributed by atoms with Gasteiger partial charge in [-0.05, 0) is 30.5 Å². The van der Waals surface area contributed by atoms with Gasteiger partial charge in [0.2, 0.25) is 0 Å². The molecular formula is C21H25NO3. The first-order chi connectivity index (χ1) is 12.3. The third-order valence-electron chi connectivity index (χ3n) is 4.72. The molecule has 4 heteroatoms. The summed E-state index contributed by atoms with van der Waals surface area (Å²) in [4.78, 5) is 14.6. The van der Waals surface area contributed by atoms with Gasteiger partial charge >= 0.3 is 0 Å². The fourth-order valence-electron chi connectivity index (χ4n) is 3.33. The van der Waals surface area contributed by atoms with Crippen molar-refractivity contribution in [1.29, 1.82) is 0 Å². The minimum absolute atomic E-state index is 0.0359. The SMILES string of the molecule is COc1ccccc1OCC(=O)N1CCCCC(c2ccccc2)C1. The first-order valence-electron chi connectivity index (χ1n) is 8.86. The molecular weight excluding hydrogens is 314 g/mol. The molecule has 2 aromatic carbocycles. The highest BCUT2D eigenvalue weighted by atomic mass is 16.5. The maximum Gasteiger partial charge on any atom is 0.260 e. The lowest BCUT2D eigenvalue weighted by Gasteiger charge is -2.25. The molecule has 1 fully saturated rings. The fraction of sp³-hybridized carbons (Fsp3) is 0.381. The molecule has 0 bridgehead atoms. The van der Waals surface area contributed by atoms with E-state index >= 15 is 0 Å². The highest BCUT2D eigenvalue weighted by Crippen LogP contribution is 2.28. The second-order valence-corrected chi connectivity index (χ2v) is 6.38. The van der Waals surface area contributed by atoms with E-state index in [1.165, 1.54) is 5.56 Å². The summed E-state index contributed by atoms with van der Waals surface area (Å²) in [7, 11) is 1.60. The van der Waals surface area contributed by atoms with Gasteiger partial charge in [0, 0.05) is 19.0 Å². The number of ether oxygens (including phenoxy) is 2. The zero-order valence-corrected chi connectivity index (χ0v) is 14.7. The minimum atomic E-state index is 0.0359. The Balaban J connectivity index is 1.62. The highest BCUT2D eigenvalue weighted by Gasteiger charge is 2.23. The van der Waals surface area contributed by atoms with Crippen molar-refractivity contribution in [2.24, 2.45) is 0 Å². The van der Waals surface area contributed by atoms with Gasteiger partial charge in [-0.15, -0.1) is 0 Å². The van der Waals surface area contributed by atoms with Crippen LogP contribution < -0.4 is 9.47 Å². The number of benzene rings is 2. The van der Waals surface area contributed by atoms with Gasteiger partial charge in [0.15, 0.2) is 18.1 Å². The second-order valence-electron chi connectivity index (χ2n) is 6.38. The van der Waals surface area contributed by atoms with E-state index in [-0.39, 0.29) is 12.5 Å². The van der Waals surface area contributed by atoms with Crippen molar-refractivity contribution in [1.82, 2.24) is 4.90 Å². The van der Waals surface area contributed by atoms with Crippen LogP contribution in [-0.2, 0) is 4.79 Å². The molecule has 1 atom stereocenters. The summed E-state index contributed by atoms with van der Waals surface area (Å²) in [5.41, 5.74) is 1.31. The van der Waals surface area contributed by atoms with Crippen LogP contribution in [0, 0.1) is 0 Å². The fourth-order valence-corrected chi connectivity index (χ4v) is 3.33. The molecule has 0 aliphatic carbocycles. The third kappa shape index (κ3) is 4.53. The van der Waals surface area contributed by atoms with E-state index in [0.29, 0.717) is 17.4 Å². The molecule has 1 unspecified atom stereocenters. The molecule has 3 rings (SSSR count). The van der Waals surface area contributed by atoms with Crippen molar-refractivity contribution >= 4 is 5.91 Å². The zero-order valence-electron chi connectivity index (χ0n) is 14.7. The molecule has 0 radical (unpaired) electrons. The number of carbonyl (C=O) groups excluding carboxylic acids is 1. The van der Waals surface area contributed by atoms with E-state index in [9.17, 15) is 4.79 Å². The van der Waals surface area contributed by atoms with Gasteiger partial charge < -0.3 is 14.4 Å². The van der Waals surface area contributed by atoms with Crippen LogP contribution in [0.1, 0.15) is 30.7 Å². The first-order valence-corrected chi connectivity index (χ1v) is 8.86. The van der Waals surface area contributed by atoms with E-state index < -0.39 is 0 Å². The summed E-state index contributed by atoms with van der Waals surface area (Å²) in [5.74, 6) is 1.69. The van der Waals surface area contributed by atoms with Gasteiger partial charge in [-0.25, -0.2) is 0 Å². The number of rotatable bonds is 5. The van der Waals surface area contributed by atoms with Gasteiger partial charge in [-0.1, -0.05) is 48.9 Å². The number of amides is 1. The van der Waals surface area contributed by atoms with Crippen molar-refractivity contribution in [2.75, 3.05) is 26.8 Å². The molecule has 0 saturated carbocycles. The molecule has 1 heterocycles. The maximum absolute atomic E-state index is 12.7. The van der Waals surface area contributed by atoms with Gasteiger partial charge in [0.1, 0.15) is 0 Å². The first kappa shape index (κ1) is 17.3. The molecule has 0 N–H and O–H groups in total. The number of para-hydroxylation sites is 2. The lowest BCUT2D eigenvalue weighted by atomic mass is 9.94. The second kappa shape index (κ2) is 8.56. The zero-order chi connectivity index (χ0) is 17.5. The van der Waals surface area contributed by atoms with Crippen molar-refractivity contribution in [3.05, 3.63) is 60.2 Å². The molecule has 0 spiro atoms. The molecule has 0 aromatic heterocycles. The van der Waals surface area contributed by atoms with Crippen molar-refractivity contribution in [2.45, 2.75) is 25.2 Å². The van der Waals surface area contributed by atoms with Crippen LogP contribution in [0.4, 0.5) is 0 Å². The average Bonchev–Trinajstić information content (AvgIpc) is 2.93. The molecule has 1 saturated heterocycles. The Morgan fingerprint density at radius 1 is 1.04 bits per heavy atom. The Morgan fingerprint density at radius 2 is 1.76 bits per heavy atom. The standard InChI is InChI=1S/C21H25NO3/c1-24-19-12-5-6-13-20(19)25-16-21(23)22-14-8-7-11-18(15-22)17-9-3-2-4-10-17/h2-6,9-10,12-13,18H,7-8,11,14-16H2,1H3. The smallest absolute Gasteiger partial charge is 0.260 e. The number of carbonyl (C=O) groups is 1. The quantitative estimate of drug-likeness (QED) is 0.830. The van der Waals surface area contributed by atoms with Gasteiger partial charge in [0.05, 0.1) is 7.11 Å². The number of hydrogen-bond acceptors (Lipinski definition) is 3. The summed E-state index contributed by atoms with van der Waals surface area (Å²) in [6, 6.07) is 17.9. The predicted octanol–water partition coefficient (Wildman–Crippen LogP) is 3.87. The predicted molar refractivity (Wildman–Crippen MR) is 98.1 cm³/mol. The highest BCUT2D eigenvalue weighted by molar-refractivity contribution is 5.78. The van der Waals surface area contributed by atoms with Crippen LogP contribution in [0.2, 0.25) is 0 Å². The average molecular weight is 339 g/mol. The van der Waals surface area contributed by atoms with Crippen LogP contribution in [0.5, 0.6) is 11.5 Å². The molecule has 1 aliphatic heterocycles. The topological polar surface area (TPSA) is 38.8 Å². The van der Waals surface area contributed by atoms with E-state index in [1.807, 2.05) is 35.2 Å². The molecule has 4 nitrogen and oxygen atoms in total. The molecule has 2 aromatic rings. The summed E-state index contributed by atoms with van der Waals surface area (Å²) < 4.78 is 11.0. The van der Waals surface area contributed by atoms with Crippen LogP contribution in [0.15, 0.2) is 54.6 Å². The van der Waals surface area contributed by atoms with Crippen molar-refractivity contribution < 1.29 is 14.3 Å². The number of nitrogens with zero attached hydrogens (tertiary/aromatic N) is 1. The third-order valence-corrected chi connectivity index (χ3v) is 4.72. The van der Waals surface area contributed by atoms with Crippen LogP contribution in [0.25, 0.3) is 0 Å². The Hall–Kier alpha value is -2.49. The largest absolute Gasteiger partial charge is 0.493 e. The summed E-state index contributed by atoms with van der Waals surface area (Å²) in [6.07, 6.45) is 3.32. The van der Waals surface area contributed by atoms with E-state index in [4.69, 9.17) is 9.47 Å². The Labute approximate surface area is 149 Å². The normalized spacial score (nSPS) is 17.6. The van der Waals surface area contributed by atoms with E-state index in [0.717, 1.165) is 32.4 Å². The number of methoxy groups -OCH3 is 1. The summed E-state index contributed by atoms with van der Waals surface area (Å²) >= 11 is 0. The van der Waals surface area contributed by atoms with Crippen LogP contribution in [-0.4, -0.2) is 37.6 Å². The van der Waals surface area contributed by atoms with Gasteiger partial charge in [-0.3, -0.25) is 4.79 Å². The monoisotopic (exact) mass is 339 g/mol. The lowest BCUT2D eigenvalue weighted by molar-refractivity contribution is -0.133. The number of likely N-dealkylation sites (tertiary alicyclic amines) is 1. The minimum Gasteiger partial charge on any atom is -0.493 e. The number of hydrogen-bond donors (Lipinski definition) is 0. The Kier molecular flexibility index (Phi) is 5.94. The Morgan fingerprint density at radius 3 is 2.52 bits per heavy atom. The van der Waals surface area contributed by atoms with Crippen molar-refractivity contribution in [3.8, 4) is 11.5 Å². The van der Waals surface area contributed by atoms with Gasteiger partial charge in [0.25, 0.3) is 5.91 Å². The van der Waals surface area contributed by atoms with Crippen LogP contribution in [0.3, 0.4) is 0 Å².